The van der Waals surface area contributed by atoms with E-state index in [1.54, 1.807) is 20.3 Å². The first kappa shape index (κ1) is 15.4. The van der Waals surface area contributed by atoms with Crippen molar-refractivity contribution in [2.24, 2.45) is 0 Å². The average molecular weight is 283 g/mol. The van der Waals surface area contributed by atoms with E-state index in [1.807, 2.05) is 0 Å². The summed E-state index contributed by atoms with van der Waals surface area (Å²) < 4.78 is 24.2. The number of hydrogen-bond acceptors (Lipinski definition) is 5. The van der Waals surface area contributed by atoms with Crippen LogP contribution in [0.1, 0.15) is 5.56 Å². The van der Waals surface area contributed by atoms with Gasteiger partial charge < -0.3 is 19.5 Å². The third kappa shape index (κ3) is 3.56. The van der Waals surface area contributed by atoms with Crippen molar-refractivity contribution in [1.82, 2.24) is 4.90 Å². The molecule has 2 atom stereocenters. The second kappa shape index (κ2) is 6.65. The minimum atomic E-state index is -1.67. The van der Waals surface area contributed by atoms with E-state index in [0.717, 1.165) is 6.07 Å². The van der Waals surface area contributed by atoms with E-state index in [1.165, 1.54) is 6.07 Å². The zero-order chi connectivity index (χ0) is 14.7. The van der Waals surface area contributed by atoms with Crippen molar-refractivity contribution >= 4 is 12.6 Å². The highest BCUT2D eigenvalue weighted by atomic mass is 19.1. The van der Waals surface area contributed by atoms with E-state index in [4.69, 9.17) is 19.5 Å². The maximum absolute atomic E-state index is 13.5. The molecule has 20 heavy (non-hydrogen) atoms. The van der Waals surface area contributed by atoms with Crippen LogP contribution in [0.25, 0.3) is 0 Å². The molecule has 1 aromatic carbocycles. The van der Waals surface area contributed by atoms with Gasteiger partial charge in [-0.25, -0.2) is 4.39 Å². The van der Waals surface area contributed by atoms with Gasteiger partial charge in [0, 0.05) is 33.9 Å². The van der Waals surface area contributed by atoms with Crippen molar-refractivity contribution in [3.8, 4) is 0 Å². The van der Waals surface area contributed by atoms with Crippen LogP contribution in [0.5, 0.6) is 0 Å². The summed E-state index contributed by atoms with van der Waals surface area (Å²) in [5.74, 6) is -0.476. The van der Waals surface area contributed by atoms with Crippen LogP contribution in [0.15, 0.2) is 18.2 Å². The van der Waals surface area contributed by atoms with Gasteiger partial charge in [-0.2, -0.15) is 0 Å². The van der Waals surface area contributed by atoms with Crippen LogP contribution in [0.2, 0.25) is 0 Å². The van der Waals surface area contributed by atoms with Gasteiger partial charge in [-0.05, 0) is 23.2 Å². The largest absolute Gasteiger partial charge is 0.488 e. The Balaban J connectivity index is 2.07. The van der Waals surface area contributed by atoms with Crippen molar-refractivity contribution in [1.29, 1.82) is 0 Å². The standard InChI is InChI=1S/C13H19BFNO4/c1-19-12-7-16(8-13(12)20-2)6-9-3-10(14(17)18)5-11(15)4-9/h3-5,12-13,17-18H,6-8H2,1-2H3. The predicted octanol–water partition coefficient (Wildman–Crippen LogP) is -0.649. The Kier molecular flexibility index (Phi) is 5.12. The summed E-state index contributed by atoms with van der Waals surface area (Å²) in [5.41, 5.74) is 0.852. The summed E-state index contributed by atoms with van der Waals surface area (Å²) in [6.07, 6.45) is -0.00655. The number of likely N-dealkylation sites (tertiary alicyclic amines) is 1. The molecule has 0 radical (unpaired) electrons. The number of halogens is 1. The van der Waals surface area contributed by atoms with Gasteiger partial charge in [0.15, 0.2) is 0 Å². The molecule has 0 saturated carbocycles. The maximum atomic E-state index is 13.5. The zero-order valence-electron chi connectivity index (χ0n) is 11.6. The van der Waals surface area contributed by atoms with Gasteiger partial charge in [0.05, 0.1) is 12.2 Å². The minimum absolute atomic E-state index is 0.00328. The van der Waals surface area contributed by atoms with Crippen LogP contribution in [0.4, 0.5) is 4.39 Å². The maximum Gasteiger partial charge on any atom is 0.488 e. The van der Waals surface area contributed by atoms with Gasteiger partial charge in [-0.3, -0.25) is 4.90 Å². The third-order valence-corrected chi connectivity index (χ3v) is 3.58. The molecule has 5 nitrogen and oxygen atoms in total. The summed E-state index contributed by atoms with van der Waals surface area (Å²) in [6, 6.07) is 4.11. The Morgan fingerprint density at radius 1 is 1.20 bits per heavy atom. The molecule has 0 aliphatic carbocycles. The first-order valence-corrected chi connectivity index (χ1v) is 6.47. The fraction of sp³-hybridized carbons (Fsp3) is 0.538. The molecule has 110 valence electrons. The summed E-state index contributed by atoms with van der Waals surface area (Å²) in [5, 5.41) is 18.3. The van der Waals surface area contributed by atoms with Crippen LogP contribution < -0.4 is 5.46 Å². The summed E-state index contributed by atoms with van der Waals surface area (Å²) in [6.45, 7) is 1.91. The number of benzene rings is 1. The topological polar surface area (TPSA) is 62.2 Å². The number of rotatable bonds is 5. The van der Waals surface area contributed by atoms with Crippen molar-refractivity contribution in [2.75, 3.05) is 27.3 Å². The van der Waals surface area contributed by atoms with Gasteiger partial charge in [0.25, 0.3) is 0 Å². The molecule has 1 aromatic rings. The van der Waals surface area contributed by atoms with Gasteiger partial charge in [0.1, 0.15) is 5.82 Å². The highest BCUT2D eigenvalue weighted by Gasteiger charge is 2.32. The molecule has 1 aliphatic heterocycles. The molecular formula is C13H19BFNO4. The lowest BCUT2D eigenvalue weighted by molar-refractivity contribution is -0.00461. The van der Waals surface area contributed by atoms with Crippen LogP contribution in [-0.2, 0) is 16.0 Å². The Bertz CT molecular complexity index is 448. The number of hydrogen-bond donors (Lipinski definition) is 2. The molecular weight excluding hydrogens is 264 g/mol. The fourth-order valence-corrected chi connectivity index (χ4v) is 2.57. The molecule has 0 spiro atoms. The van der Waals surface area contributed by atoms with E-state index >= 15 is 0 Å². The van der Waals surface area contributed by atoms with Crippen LogP contribution in [-0.4, -0.2) is 61.6 Å². The van der Waals surface area contributed by atoms with E-state index in [0.29, 0.717) is 25.2 Å². The lowest BCUT2D eigenvalue weighted by Crippen LogP contribution is -2.31. The second-order valence-corrected chi connectivity index (χ2v) is 5.01. The van der Waals surface area contributed by atoms with E-state index < -0.39 is 12.9 Å². The van der Waals surface area contributed by atoms with Crippen LogP contribution in [0, 0.1) is 5.82 Å². The molecule has 1 fully saturated rings. The molecule has 2 unspecified atom stereocenters. The molecule has 0 bridgehead atoms. The van der Waals surface area contributed by atoms with Crippen molar-refractivity contribution < 1.29 is 23.9 Å². The normalized spacial score (nSPS) is 23.2. The molecule has 1 heterocycles. The predicted molar refractivity (Wildman–Crippen MR) is 73.1 cm³/mol. The average Bonchev–Trinajstić information content (AvgIpc) is 2.80. The summed E-state index contributed by atoms with van der Waals surface area (Å²) in [7, 11) is 1.62. The SMILES string of the molecule is COC1CN(Cc2cc(F)cc(B(O)O)c2)CC1OC. The van der Waals surface area contributed by atoms with Gasteiger partial charge in [-0.15, -0.1) is 0 Å². The first-order chi connectivity index (χ1) is 9.53. The molecule has 0 amide bonds. The fourth-order valence-electron chi connectivity index (χ4n) is 2.57. The van der Waals surface area contributed by atoms with Gasteiger partial charge >= 0.3 is 7.12 Å². The Labute approximate surface area is 118 Å². The highest BCUT2D eigenvalue weighted by molar-refractivity contribution is 6.58. The van der Waals surface area contributed by atoms with E-state index in [-0.39, 0.29) is 17.7 Å². The van der Waals surface area contributed by atoms with Crippen LogP contribution in [0.3, 0.4) is 0 Å². The van der Waals surface area contributed by atoms with Crippen molar-refractivity contribution in [3.63, 3.8) is 0 Å². The first-order valence-electron chi connectivity index (χ1n) is 6.47. The smallest absolute Gasteiger partial charge is 0.423 e. The molecule has 1 aliphatic rings. The quantitative estimate of drug-likeness (QED) is 0.703. The van der Waals surface area contributed by atoms with E-state index in [2.05, 4.69) is 4.90 Å². The lowest BCUT2D eigenvalue weighted by Gasteiger charge is -2.16. The van der Waals surface area contributed by atoms with Gasteiger partial charge in [-0.1, -0.05) is 6.07 Å². The summed E-state index contributed by atoms with van der Waals surface area (Å²) >= 11 is 0. The molecule has 0 aromatic heterocycles. The molecule has 2 N–H and O–H groups in total. The van der Waals surface area contributed by atoms with Crippen molar-refractivity contribution in [3.05, 3.63) is 29.6 Å². The van der Waals surface area contributed by atoms with E-state index in [9.17, 15) is 4.39 Å². The van der Waals surface area contributed by atoms with Crippen molar-refractivity contribution in [2.45, 2.75) is 18.8 Å². The highest BCUT2D eigenvalue weighted by Crippen LogP contribution is 2.18. The molecule has 2 rings (SSSR count). The molecule has 1 saturated heterocycles. The Morgan fingerprint density at radius 2 is 1.80 bits per heavy atom. The van der Waals surface area contributed by atoms with Crippen LogP contribution >= 0.6 is 0 Å². The summed E-state index contributed by atoms with van der Waals surface area (Å²) in [4.78, 5) is 2.09. The molecule has 7 heteroatoms. The lowest BCUT2D eigenvalue weighted by atomic mass is 9.79. The Hall–Kier alpha value is -0.985. The monoisotopic (exact) mass is 283 g/mol. The van der Waals surface area contributed by atoms with Gasteiger partial charge in [0.2, 0.25) is 0 Å². The second-order valence-electron chi connectivity index (χ2n) is 5.01. The third-order valence-electron chi connectivity index (χ3n) is 3.58. The minimum Gasteiger partial charge on any atom is -0.423 e. The number of methoxy groups -OCH3 is 2. The zero-order valence-corrected chi connectivity index (χ0v) is 11.6. The number of nitrogens with zero attached hydrogens (tertiary/aromatic N) is 1. The Morgan fingerprint density at radius 3 is 2.30 bits per heavy atom. The number of ether oxygens (including phenoxy) is 2.